The molecule has 29 heavy (non-hydrogen) atoms. The number of nitrogens with one attached hydrogen (secondary N) is 2. The number of carbonyl (C=O) groups is 1. The molecule has 0 aliphatic carbocycles. The molecule has 1 aromatic carbocycles. The maximum Gasteiger partial charge on any atom is 0.255 e. The first-order valence-electron chi connectivity index (χ1n) is 9.78. The lowest BCUT2D eigenvalue weighted by atomic mass is 10.0. The summed E-state index contributed by atoms with van der Waals surface area (Å²) in [5, 5.41) is 8.70. The molecule has 0 saturated carbocycles. The number of aryl methyl sites for hydroxylation is 1. The monoisotopic (exact) mass is 390 g/mol. The third-order valence-corrected chi connectivity index (χ3v) is 4.90. The van der Waals surface area contributed by atoms with E-state index in [0.717, 1.165) is 16.6 Å². The fourth-order valence-electron chi connectivity index (χ4n) is 3.42. The summed E-state index contributed by atoms with van der Waals surface area (Å²) in [6, 6.07) is 6.39. The minimum absolute atomic E-state index is 0.178. The maximum atomic E-state index is 12.7. The summed E-state index contributed by atoms with van der Waals surface area (Å²) in [4.78, 5) is 25.0. The van der Waals surface area contributed by atoms with Gasteiger partial charge in [-0.2, -0.15) is 5.10 Å². The number of hydrogen-bond acceptors (Lipinski definition) is 4. The lowest BCUT2D eigenvalue weighted by Crippen LogP contribution is -2.40. The van der Waals surface area contributed by atoms with Gasteiger partial charge in [0.15, 0.2) is 5.65 Å². The molecule has 7 heteroatoms. The maximum absolute atomic E-state index is 12.7. The number of aromatic amines is 1. The smallest absolute Gasteiger partial charge is 0.255 e. The highest BCUT2D eigenvalue weighted by Gasteiger charge is 2.21. The number of hydrogen-bond donors (Lipinski definition) is 2. The van der Waals surface area contributed by atoms with Crippen LogP contribution in [0, 0.1) is 0 Å². The Bertz CT molecular complexity index is 1230. The summed E-state index contributed by atoms with van der Waals surface area (Å²) >= 11 is 0. The highest BCUT2D eigenvalue weighted by Crippen LogP contribution is 2.30. The molecule has 0 spiro atoms. The van der Waals surface area contributed by atoms with Crippen molar-refractivity contribution in [3.8, 4) is 11.4 Å². The quantitative estimate of drug-likeness (QED) is 0.550. The molecule has 0 aliphatic heterocycles. The summed E-state index contributed by atoms with van der Waals surface area (Å²) < 4.78 is 1.85. The van der Waals surface area contributed by atoms with Crippen molar-refractivity contribution in [1.29, 1.82) is 0 Å². The van der Waals surface area contributed by atoms with E-state index in [9.17, 15) is 4.79 Å². The highest BCUT2D eigenvalue weighted by atomic mass is 16.1. The summed E-state index contributed by atoms with van der Waals surface area (Å²) in [6.45, 7) is 10.2. The number of benzene rings is 1. The van der Waals surface area contributed by atoms with Gasteiger partial charge in [0.05, 0.1) is 17.3 Å². The molecule has 3 heterocycles. The van der Waals surface area contributed by atoms with Crippen LogP contribution in [0.4, 0.5) is 0 Å². The van der Waals surface area contributed by atoms with Gasteiger partial charge in [-0.15, -0.1) is 0 Å². The largest absolute Gasteiger partial charge is 0.347 e. The predicted molar refractivity (Wildman–Crippen MR) is 115 cm³/mol. The van der Waals surface area contributed by atoms with Crippen LogP contribution < -0.4 is 5.32 Å². The molecule has 2 N–H and O–H groups in total. The predicted octanol–water partition coefficient (Wildman–Crippen LogP) is 4.16. The Morgan fingerprint density at radius 2 is 2.00 bits per heavy atom. The molecule has 3 aromatic heterocycles. The Kier molecular flexibility index (Phi) is 4.41. The molecule has 0 atom stereocenters. The van der Waals surface area contributed by atoms with Crippen LogP contribution in [0.15, 0.2) is 30.6 Å². The van der Waals surface area contributed by atoms with E-state index < -0.39 is 0 Å². The van der Waals surface area contributed by atoms with Crippen LogP contribution in [-0.2, 0) is 7.05 Å². The molecule has 0 bridgehead atoms. The average molecular weight is 390 g/mol. The normalized spacial score (nSPS) is 12.2. The fourth-order valence-corrected chi connectivity index (χ4v) is 3.42. The van der Waals surface area contributed by atoms with Gasteiger partial charge >= 0.3 is 0 Å². The number of amides is 1. The average Bonchev–Trinajstić information content (AvgIpc) is 3.20. The Morgan fingerprint density at radius 1 is 1.24 bits per heavy atom. The molecular formula is C22H26N6O. The summed E-state index contributed by atoms with van der Waals surface area (Å²) in [6.07, 6.45) is 3.36. The van der Waals surface area contributed by atoms with Crippen LogP contribution >= 0.6 is 0 Å². The molecule has 7 nitrogen and oxygen atoms in total. The van der Waals surface area contributed by atoms with Gasteiger partial charge < -0.3 is 10.3 Å². The van der Waals surface area contributed by atoms with Crippen molar-refractivity contribution in [2.75, 3.05) is 0 Å². The van der Waals surface area contributed by atoms with E-state index in [4.69, 9.17) is 4.98 Å². The number of fused-ring (bicyclic) bond motifs is 2. The molecule has 4 rings (SSSR count). The topological polar surface area (TPSA) is 88.5 Å². The van der Waals surface area contributed by atoms with Crippen molar-refractivity contribution in [3.05, 3.63) is 41.7 Å². The lowest BCUT2D eigenvalue weighted by Gasteiger charge is -2.19. The van der Waals surface area contributed by atoms with Gasteiger partial charge in [-0.05, 0) is 44.4 Å². The summed E-state index contributed by atoms with van der Waals surface area (Å²) in [5.74, 6) is 0.238. The van der Waals surface area contributed by atoms with Crippen molar-refractivity contribution in [2.24, 2.45) is 7.05 Å². The van der Waals surface area contributed by atoms with Gasteiger partial charge in [0, 0.05) is 24.2 Å². The number of H-pyrrole nitrogens is 1. The van der Waals surface area contributed by atoms with Crippen LogP contribution in [0.5, 0.6) is 0 Å². The number of carbonyl (C=O) groups excluding carboxylic acids is 1. The molecular weight excluding hydrogens is 364 g/mol. The first kappa shape index (κ1) is 19.1. The second-order valence-corrected chi connectivity index (χ2v) is 8.76. The molecule has 0 radical (unpaired) electrons. The Hall–Kier alpha value is -3.22. The van der Waals surface area contributed by atoms with E-state index in [2.05, 4.69) is 52.4 Å². The van der Waals surface area contributed by atoms with Gasteiger partial charge in [0.2, 0.25) is 0 Å². The molecule has 150 valence electrons. The zero-order chi connectivity index (χ0) is 20.9. The Labute approximate surface area is 169 Å². The van der Waals surface area contributed by atoms with E-state index in [-0.39, 0.29) is 11.4 Å². The van der Waals surface area contributed by atoms with Gasteiger partial charge in [-0.1, -0.05) is 19.9 Å². The van der Waals surface area contributed by atoms with E-state index in [0.29, 0.717) is 28.3 Å². The minimum Gasteiger partial charge on any atom is -0.347 e. The number of aromatic nitrogens is 5. The fraction of sp³-hybridized carbons (Fsp3) is 0.364. The van der Waals surface area contributed by atoms with E-state index in [1.807, 2.05) is 32.5 Å². The molecule has 0 saturated heterocycles. The molecule has 1 amide bonds. The highest BCUT2D eigenvalue weighted by molar-refractivity contribution is 6.05. The SMILES string of the molecule is CC(C)c1ccc2c(c1)c(-c1cnc3[nH]cc(C(=O)NC(C)(C)C)c3n1)nn2C. The van der Waals surface area contributed by atoms with Crippen LogP contribution in [0.3, 0.4) is 0 Å². The van der Waals surface area contributed by atoms with Gasteiger partial charge in [0.1, 0.15) is 16.9 Å². The van der Waals surface area contributed by atoms with E-state index in [1.54, 1.807) is 12.4 Å². The zero-order valence-corrected chi connectivity index (χ0v) is 17.7. The second-order valence-electron chi connectivity index (χ2n) is 8.76. The Morgan fingerprint density at radius 3 is 2.69 bits per heavy atom. The van der Waals surface area contributed by atoms with Crippen molar-refractivity contribution in [1.82, 2.24) is 30.0 Å². The lowest BCUT2D eigenvalue weighted by molar-refractivity contribution is 0.0921. The minimum atomic E-state index is -0.337. The van der Waals surface area contributed by atoms with Crippen LogP contribution in [0.25, 0.3) is 33.5 Å². The first-order valence-corrected chi connectivity index (χ1v) is 9.78. The van der Waals surface area contributed by atoms with Crippen molar-refractivity contribution in [2.45, 2.75) is 46.1 Å². The zero-order valence-electron chi connectivity index (χ0n) is 17.7. The van der Waals surface area contributed by atoms with Gasteiger partial charge in [-0.25, -0.2) is 9.97 Å². The third kappa shape index (κ3) is 3.48. The number of nitrogens with zero attached hydrogens (tertiary/aromatic N) is 4. The first-order chi connectivity index (χ1) is 13.6. The van der Waals surface area contributed by atoms with Gasteiger partial charge in [0.25, 0.3) is 5.91 Å². The molecule has 4 aromatic rings. The molecule has 0 unspecified atom stereocenters. The summed E-state index contributed by atoms with van der Waals surface area (Å²) in [5.41, 5.74) is 4.96. The van der Waals surface area contributed by atoms with Crippen LogP contribution in [0.2, 0.25) is 0 Å². The summed E-state index contributed by atoms with van der Waals surface area (Å²) in [7, 11) is 1.92. The van der Waals surface area contributed by atoms with Crippen molar-refractivity contribution < 1.29 is 4.79 Å². The van der Waals surface area contributed by atoms with Crippen LogP contribution in [-0.4, -0.2) is 36.2 Å². The van der Waals surface area contributed by atoms with E-state index in [1.165, 1.54) is 5.56 Å². The Balaban J connectivity index is 1.86. The number of rotatable bonds is 3. The van der Waals surface area contributed by atoms with Crippen molar-refractivity contribution in [3.63, 3.8) is 0 Å². The third-order valence-electron chi connectivity index (χ3n) is 4.90. The van der Waals surface area contributed by atoms with Gasteiger partial charge in [-0.3, -0.25) is 9.48 Å². The molecule has 0 aliphatic rings. The van der Waals surface area contributed by atoms with Crippen molar-refractivity contribution >= 4 is 28.0 Å². The standard InChI is InChI=1S/C22H26N6O/c1-12(2)13-7-8-17-14(9-13)18(27-28(17)6)16-11-24-20-19(25-16)15(10-23-20)21(29)26-22(3,4)5/h7-12H,1-6H3,(H,23,24)(H,26,29). The van der Waals surface area contributed by atoms with Crippen LogP contribution in [0.1, 0.15) is 56.5 Å². The second kappa shape index (κ2) is 6.69. The van der Waals surface area contributed by atoms with E-state index >= 15 is 0 Å². The molecule has 0 fully saturated rings.